The van der Waals surface area contributed by atoms with Gasteiger partial charge in [0.05, 0.1) is 0 Å². The second kappa shape index (κ2) is 7.41. The van der Waals surface area contributed by atoms with Crippen LogP contribution in [0, 0.1) is 0 Å². The van der Waals surface area contributed by atoms with Gasteiger partial charge in [-0.05, 0) is 18.9 Å². The minimum absolute atomic E-state index is 0.0604. The lowest BCUT2D eigenvalue weighted by Crippen LogP contribution is -2.51. The van der Waals surface area contributed by atoms with Gasteiger partial charge >= 0.3 is 6.03 Å². The van der Waals surface area contributed by atoms with Gasteiger partial charge in [-0.15, -0.1) is 0 Å². The van der Waals surface area contributed by atoms with Crippen molar-refractivity contribution in [3.63, 3.8) is 0 Å². The zero-order valence-electron chi connectivity index (χ0n) is 11.3. The molecule has 0 bridgehead atoms. The number of rotatable bonds is 6. The van der Waals surface area contributed by atoms with Gasteiger partial charge in [0.1, 0.15) is 6.04 Å². The van der Waals surface area contributed by atoms with Gasteiger partial charge in [-0.1, -0.05) is 37.3 Å². The summed E-state index contributed by atoms with van der Waals surface area (Å²) in [6, 6.07) is 8.44. The minimum atomic E-state index is -0.702. The van der Waals surface area contributed by atoms with E-state index in [4.69, 9.17) is 5.73 Å². The quantitative estimate of drug-likeness (QED) is 0.720. The van der Waals surface area contributed by atoms with Crippen LogP contribution >= 0.6 is 0 Å². The molecule has 0 radical (unpaired) electrons. The number of nitrogens with one attached hydrogen (secondary N) is 2. The van der Waals surface area contributed by atoms with Crippen molar-refractivity contribution in [2.24, 2.45) is 5.73 Å². The van der Waals surface area contributed by atoms with Gasteiger partial charge < -0.3 is 16.4 Å². The highest BCUT2D eigenvalue weighted by Crippen LogP contribution is 2.03. The zero-order valence-corrected chi connectivity index (χ0v) is 11.3. The standard InChI is InChI=1S/C14H21N3O2/c1-3-10(2)16-14(19)17-12(13(15)18)9-11-7-5-4-6-8-11/h4-8,10,12H,3,9H2,1-2H3,(H2,15,18)(H2,16,17,19)/t10-,12+/m1/s1. The summed E-state index contributed by atoms with van der Waals surface area (Å²) < 4.78 is 0. The topological polar surface area (TPSA) is 84.2 Å². The van der Waals surface area contributed by atoms with E-state index < -0.39 is 11.9 Å². The number of hydrogen-bond donors (Lipinski definition) is 3. The van der Waals surface area contributed by atoms with E-state index >= 15 is 0 Å². The lowest BCUT2D eigenvalue weighted by molar-refractivity contribution is -0.119. The fraction of sp³-hybridized carbons (Fsp3) is 0.429. The summed E-state index contributed by atoms with van der Waals surface area (Å²) >= 11 is 0. The van der Waals surface area contributed by atoms with E-state index in [0.29, 0.717) is 6.42 Å². The van der Waals surface area contributed by atoms with Gasteiger partial charge in [-0.3, -0.25) is 4.79 Å². The number of primary amides is 1. The molecule has 0 saturated heterocycles. The van der Waals surface area contributed by atoms with E-state index in [1.165, 1.54) is 0 Å². The summed E-state index contributed by atoms with van der Waals surface area (Å²) in [5.41, 5.74) is 6.27. The second-order valence-corrected chi connectivity index (χ2v) is 4.57. The highest BCUT2D eigenvalue weighted by molar-refractivity contribution is 5.86. The number of amides is 3. The molecule has 104 valence electrons. The predicted molar refractivity (Wildman–Crippen MR) is 74.5 cm³/mol. The summed E-state index contributed by atoms with van der Waals surface area (Å²) in [5.74, 6) is -0.539. The summed E-state index contributed by atoms with van der Waals surface area (Å²) in [6.07, 6.45) is 1.22. The predicted octanol–water partition coefficient (Wildman–Crippen LogP) is 1.18. The molecular weight excluding hydrogens is 242 g/mol. The molecule has 1 rings (SSSR count). The molecule has 1 aromatic carbocycles. The smallest absolute Gasteiger partial charge is 0.315 e. The maximum absolute atomic E-state index is 11.7. The van der Waals surface area contributed by atoms with Gasteiger partial charge in [0.25, 0.3) is 0 Å². The number of nitrogens with two attached hydrogens (primary N) is 1. The van der Waals surface area contributed by atoms with Crippen LogP contribution in [-0.4, -0.2) is 24.0 Å². The number of urea groups is 1. The Morgan fingerprint density at radius 2 is 1.84 bits per heavy atom. The third kappa shape index (κ3) is 5.42. The molecule has 0 aliphatic carbocycles. The number of carbonyl (C=O) groups excluding carboxylic acids is 2. The Labute approximate surface area is 113 Å². The Bertz CT molecular complexity index is 420. The van der Waals surface area contributed by atoms with Crippen LogP contribution in [0.2, 0.25) is 0 Å². The molecule has 5 heteroatoms. The average Bonchev–Trinajstić information content (AvgIpc) is 2.38. The molecule has 5 nitrogen and oxygen atoms in total. The molecule has 0 heterocycles. The van der Waals surface area contributed by atoms with Crippen LogP contribution in [0.3, 0.4) is 0 Å². The normalized spacial score (nSPS) is 13.4. The summed E-state index contributed by atoms with van der Waals surface area (Å²) in [5, 5.41) is 5.35. The molecule has 0 aliphatic heterocycles. The fourth-order valence-electron chi connectivity index (χ4n) is 1.60. The van der Waals surface area contributed by atoms with Crippen molar-refractivity contribution in [1.82, 2.24) is 10.6 Å². The Hall–Kier alpha value is -2.04. The Morgan fingerprint density at radius 1 is 1.21 bits per heavy atom. The lowest BCUT2D eigenvalue weighted by Gasteiger charge is -2.18. The van der Waals surface area contributed by atoms with Crippen molar-refractivity contribution < 1.29 is 9.59 Å². The van der Waals surface area contributed by atoms with Crippen molar-refractivity contribution in [2.75, 3.05) is 0 Å². The van der Waals surface area contributed by atoms with Crippen LogP contribution in [-0.2, 0) is 11.2 Å². The molecule has 0 aromatic heterocycles. The van der Waals surface area contributed by atoms with Gasteiger partial charge in [-0.25, -0.2) is 4.79 Å². The van der Waals surface area contributed by atoms with Crippen molar-refractivity contribution >= 4 is 11.9 Å². The Morgan fingerprint density at radius 3 is 2.37 bits per heavy atom. The monoisotopic (exact) mass is 263 g/mol. The van der Waals surface area contributed by atoms with Crippen molar-refractivity contribution in [3.05, 3.63) is 35.9 Å². The first-order chi connectivity index (χ1) is 9.02. The molecular formula is C14H21N3O2. The molecule has 19 heavy (non-hydrogen) atoms. The lowest BCUT2D eigenvalue weighted by atomic mass is 10.1. The number of carbonyl (C=O) groups is 2. The average molecular weight is 263 g/mol. The van der Waals surface area contributed by atoms with E-state index in [0.717, 1.165) is 12.0 Å². The van der Waals surface area contributed by atoms with Gasteiger partial charge in [0, 0.05) is 12.5 Å². The van der Waals surface area contributed by atoms with Crippen molar-refractivity contribution in [3.8, 4) is 0 Å². The van der Waals surface area contributed by atoms with E-state index in [1.807, 2.05) is 44.2 Å². The van der Waals surface area contributed by atoms with Crippen molar-refractivity contribution in [2.45, 2.75) is 38.8 Å². The SMILES string of the molecule is CC[C@@H](C)NC(=O)N[C@@H](Cc1ccccc1)C(N)=O. The van der Waals surface area contributed by atoms with Crippen LogP contribution in [0.25, 0.3) is 0 Å². The van der Waals surface area contributed by atoms with E-state index in [1.54, 1.807) is 0 Å². The first kappa shape index (κ1) is 15.0. The molecule has 4 N–H and O–H groups in total. The molecule has 3 amide bonds. The Kier molecular flexibility index (Phi) is 5.85. The maximum Gasteiger partial charge on any atom is 0.315 e. The molecule has 0 unspecified atom stereocenters. The molecule has 2 atom stereocenters. The van der Waals surface area contributed by atoms with E-state index in [2.05, 4.69) is 10.6 Å². The molecule has 0 aliphatic rings. The Balaban J connectivity index is 2.59. The molecule has 0 saturated carbocycles. The number of hydrogen-bond acceptors (Lipinski definition) is 2. The van der Waals surface area contributed by atoms with Gasteiger partial charge in [0.15, 0.2) is 0 Å². The first-order valence-corrected chi connectivity index (χ1v) is 6.43. The van der Waals surface area contributed by atoms with Crippen LogP contribution in [0.1, 0.15) is 25.8 Å². The maximum atomic E-state index is 11.7. The highest BCUT2D eigenvalue weighted by atomic mass is 16.2. The molecule has 0 spiro atoms. The summed E-state index contributed by atoms with van der Waals surface area (Å²) in [4.78, 5) is 23.1. The number of benzene rings is 1. The van der Waals surface area contributed by atoms with Crippen LogP contribution < -0.4 is 16.4 Å². The van der Waals surface area contributed by atoms with Gasteiger partial charge in [0.2, 0.25) is 5.91 Å². The third-order valence-corrected chi connectivity index (χ3v) is 2.92. The largest absolute Gasteiger partial charge is 0.368 e. The molecule has 1 aromatic rings. The van der Waals surface area contributed by atoms with Crippen LogP contribution in [0.5, 0.6) is 0 Å². The van der Waals surface area contributed by atoms with Crippen LogP contribution in [0.4, 0.5) is 4.79 Å². The zero-order chi connectivity index (χ0) is 14.3. The van der Waals surface area contributed by atoms with Crippen molar-refractivity contribution in [1.29, 1.82) is 0 Å². The van der Waals surface area contributed by atoms with E-state index in [9.17, 15) is 9.59 Å². The highest BCUT2D eigenvalue weighted by Gasteiger charge is 2.18. The van der Waals surface area contributed by atoms with Gasteiger partial charge in [-0.2, -0.15) is 0 Å². The second-order valence-electron chi connectivity index (χ2n) is 4.57. The fourth-order valence-corrected chi connectivity index (χ4v) is 1.60. The summed E-state index contributed by atoms with van der Waals surface area (Å²) in [7, 11) is 0. The first-order valence-electron chi connectivity index (χ1n) is 6.43. The molecule has 0 fully saturated rings. The summed E-state index contributed by atoms with van der Waals surface area (Å²) in [6.45, 7) is 3.87. The third-order valence-electron chi connectivity index (χ3n) is 2.92. The van der Waals surface area contributed by atoms with Crippen LogP contribution in [0.15, 0.2) is 30.3 Å². The minimum Gasteiger partial charge on any atom is -0.368 e. The van der Waals surface area contributed by atoms with E-state index in [-0.39, 0.29) is 12.1 Å².